The minimum Gasteiger partial charge on any atom is -0.375 e. The van der Waals surface area contributed by atoms with E-state index in [0.717, 1.165) is 25.1 Å². The van der Waals surface area contributed by atoms with Crippen LogP contribution in [0, 0.1) is 0 Å². The lowest BCUT2D eigenvalue weighted by Crippen LogP contribution is -2.41. The number of amides is 1. The first-order valence-electron chi connectivity index (χ1n) is 7.06. The van der Waals surface area contributed by atoms with Gasteiger partial charge in [-0.25, -0.2) is 0 Å². The molecule has 0 saturated carbocycles. The van der Waals surface area contributed by atoms with Crippen LogP contribution in [-0.4, -0.2) is 31.7 Å². The second-order valence-electron chi connectivity index (χ2n) is 4.98. The molecule has 1 aliphatic rings. The van der Waals surface area contributed by atoms with Crippen LogP contribution < -0.4 is 10.6 Å². The molecule has 2 atom stereocenters. The summed E-state index contributed by atoms with van der Waals surface area (Å²) < 4.78 is 5.54. The van der Waals surface area contributed by atoms with Gasteiger partial charge in [-0.1, -0.05) is 30.7 Å². The fraction of sp³-hybridized carbons (Fsp3) is 0.533. The predicted octanol–water partition coefficient (Wildman–Crippen LogP) is 2.71. The van der Waals surface area contributed by atoms with Crippen molar-refractivity contribution in [3.8, 4) is 0 Å². The van der Waals surface area contributed by atoms with Crippen molar-refractivity contribution in [2.24, 2.45) is 0 Å². The summed E-state index contributed by atoms with van der Waals surface area (Å²) in [7, 11) is 0. The van der Waals surface area contributed by atoms with Crippen molar-refractivity contribution in [2.45, 2.75) is 31.9 Å². The molecule has 118 valence electrons. The Bertz CT molecular complexity index is 451. The zero-order chi connectivity index (χ0) is 14.4. The summed E-state index contributed by atoms with van der Waals surface area (Å²) in [6, 6.07) is 7.62. The Labute approximate surface area is 137 Å². The Hall–Kier alpha value is -0.810. The molecule has 1 amide bonds. The van der Waals surface area contributed by atoms with E-state index < -0.39 is 0 Å². The summed E-state index contributed by atoms with van der Waals surface area (Å²) in [5, 5.41) is 6.97. The molecule has 0 aromatic heterocycles. The maximum atomic E-state index is 12.1. The number of hydrogen-bond donors (Lipinski definition) is 2. The van der Waals surface area contributed by atoms with E-state index in [1.807, 2.05) is 31.2 Å². The van der Waals surface area contributed by atoms with E-state index in [0.29, 0.717) is 18.1 Å². The summed E-state index contributed by atoms with van der Waals surface area (Å²) >= 11 is 6.00. The molecule has 1 aliphatic heterocycles. The molecular formula is C15H22Cl2N2O2. The molecule has 0 bridgehead atoms. The number of carbonyl (C=O) groups is 1. The van der Waals surface area contributed by atoms with Crippen LogP contribution in [0.4, 0.5) is 0 Å². The van der Waals surface area contributed by atoms with E-state index in [4.69, 9.17) is 16.3 Å². The summed E-state index contributed by atoms with van der Waals surface area (Å²) in [6.45, 7) is 4.31. The highest BCUT2D eigenvalue weighted by atomic mass is 35.5. The molecule has 0 aliphatic carbocycles. The van der Waals surface area contributed by atoms with Gasteiger partial charge in [-0.05, 0) is 24.1 Å². The van der Waals surface area contributed by atoms with Gasteiger partial charge in [0.05, 0.1) is 25.2 Å². The average Bonchev–Trinajstić information content (AvgIpc) is 2.46. The fourth-order valence-corrected chi connectivity index (χ4v) is 2.55. The molecule has 2 rings (SSSR count). The van der Waals surface area contributed by atoms with Crippen molar-refractivity contribution in [3.63, 3.8) is 0 Å². The van der Waals surface area contributed by atoms with Gasteiger partial charge in [0, 0.05) is 18.1 Å². The molecule has 1 aromatic carbocycles. The van der Waals surface area contributed by atoms with Gasteiger partial charge in [0.15, 0.2) is 0 Å². The van der Waals surface area contributed by atoms with Crippen LogP contribution in [0.1, 0.15) is 31.4 Å². The fourth-order valence-electron chi connectivity index (χ4n) is 2.36. The molecule has 4 nitrogen and oxygen atoms in total. The Morgan fingerprint density at radius 2 is 2.38 bits per heavy atom. The van der Waals surface area contributed by atoms with Gasteiger partial charge in [0.25, 0.3) is 0 Å². The average molecular weight is 333 g/mol. The number of carbonyl (C=O) groups excluding carboxylic acids is 1. The van der Waals surface area contributed by atoms with Gasteiger partial charge in [0.1, 0.15) is 0 Å². The van der Waals surface area contributed by atoms with Crippen LogP contribution in [0.15, 0.2) is 24.3 Å². The molecule has 0 spiro atoms. The largest absolute Gasteiger partial charge is 0.375 e. The number of hydrogen-bond acceptors (Lipinski definition) is 3. The molecule has 0 radical (unpaired) electrons. The number of nitrogens with one attached hydrogen (secondary N) is 2. The van der Waals surface area contributed by atoms with Gasteiger partial charge < -0.3 is 15.4 Å². The smallest absolute Gasteiger partial charge is 0.223 e. The van der Waals surface area contributed by atoms with E-state index in [1.54, 1.807) is 0 Å². The minimum atomic E-state index is -0.0272. The Kier molecular flexibility index (Phi) is 8.04. The number of rotatable bonds is 5. The third kappa shape index (κ3) is 5.83. The zero-order valence-electron chi connectivity index (χ0n) is 12.1. The standard InChI is InChI=1S/C15H21ClN2O2.ClH/c1-2-14(11-4-3-5-12(16)8-11)18-15(19)9-13-10-17-6-7-20-13;/h3-5,8,13-14,17H,2,6-7,9-10H2,1H3,(H,18,19);1H. The second kappa shape index (κ2) is 9.26. The van der Waals surface area contributed by atoms with Gasteiger partial charge in [-0.15, -0.1) is 12.4 Å². The van der Waals surface area contributed by atoms with Crippen molar-refractivity contribution >= 4 is 29.9 Å². The van der Waals surface area contributed by atoms with E-state index >= 15 is 0 Å². The Morgan fingerprint density at radius 1 is 1.57 bits per heavy atom. The van der Waals surface area contributed by atoms with Crippen LogP contribution in [0.25, 0.3) is 0 Å². The third-order valence-corrected chi connectivity index (χ3v) is 3.65. The summed E-state index contributed by atoms with van der Waals surface area (Å²) in [5.41, 5.74) is 1.04. The third-order valence-electron chi connectivity index (χ3n) is 3.41. The summed E-state index contributed by atoms with van der Waals surface area (Å²) in [5.74, 6) is 0.0190. The summed E-state index contributed by atoms with van der Waals surface area (Å²) in [6.07, 6.45) is 1.19. The SMILES string of the molecule is CCC(NC(=O)CC1CNCCO1)c1cccc(Cl)c1.Cl. The van der Waals surface area contributed by atoms with Gasteiger partial charge >= 0.3 is 0 Å². The molecular weight excluding hydrogens is 311 g/mol. The first kappa shape index (κ1) is 18.2. The first-order valence-corrected chi connectivity index (χ1v) is 7.44. The molecule has 2 N–H and O–H groups in total. The summed E-state index contributed by atoms with van der Waals surface area (Å²) in [4.78, 5) is 12.1. The highest BCUT2D eigenvalue weighted by Gasteiger charge is 2.19. The zero-order valence-corrected chi connectivity index (χ0v) is 13.7. The lowest BCUT2D eigenvalue weighted by atomic mass is 10.0. The molecule has 1 heterocycles. The predicted molar refractivity (Wildman–Crippen MR) is 87.1 cm³/mol. The van der Waals surface area contributed by atoms with Crippen LogP contribution in [0.2, 0.25) is 5.02 Å². The maximum absolute atomic E-state index is 12.1. The van der Waals surface area contributed by atoms with Crippen molar-refractivity contribution in [1.29, 1.82) is 0 Å². The Balaban J connectivity index is 0.00000220. The Morgan fingerprint density at radius 3 is 3.00 bits per heavy atom. The van der Waals surface area contributed by atoms with E-state index in [-0.39, 0.29) is 30.5 Å². The van der Waals surface area contributed by atoms with Gasteiger partial charge in [-0.3, -0.25) is 4.79 Å². The number of morpholine rings is 1. The highest BCUT2D eigenvalue weighted by molar-refractivity contribution is 6.30. The van der Waals surface area contributed by atoms with Crippen molar-refractivity contribution in [1.82, 2.24) is 10.6 Å². The van der Waals surface area contributed by atoms with Crippen LogP contribution in [0.5, 0.6) is 0 Å². The van der Waals surface area contributed by atoms with Gasteiger partial charge in [-0.2, -0.15) is 0 Å². The molecule has 6 heteroatoms. The molecule has 2 unspecified atom stereocenters. The number of benzene rings is 1. The first-order chi connectivity index (χ1) is 9.69. The number of halogens is 2. The van der Waals surface area contributed by atoms with E-state index in [1.165, 1.54) is 0 Å². The van der Waals surface area contributed by atoms with Crippen molar-refractivity contribution in [3.05, 3.63) is 34.9 Å². The normalized spacial score (nSPS) is 19.4. The van der Waals surface area contributed by atoms with Crippen LogP contribution in [-0.2, 0) is 9.53 Å². The van der Waals surface area contributed by atoms with Crippen molar-refractivity contribution in [2.75, 3.05) is 19.7 Å². The molecule has 21 heavy (non-hydrogen) atoms. The highest BCUT2D eigenvalue weighted by Crippen LogP contribution is 2.20. The molecule has 1 saturated heterocycles. The minimum absolute atomic E-state index is 0. The lowest BCUT2D eigenvalue weighted by molar-refractivity contribution is -0.125. The topological polar surface area (TPSA) is 50.4 Å². The lowest BCUT2D eigenvalue weighted by Gasteiger charge is -2.24. The monoisotopic (exact) mass is 332 g/mol. The molecule has 1 fully saturated rings. The number of ether oxygens (including phenoxy) is 1. The van der Waals surface area contributed by atoms with Gasteiger partial charge in [0.2, 0.25) is 5.91 Å². The van der Waals surface area contributed by atoms with Crippen molar-refractivity contribution < 1.29 is 9.53 Å². The maximum Gasteiger partial charge on any atom is 0.223 e. The van der Waals surface area contributed by atoms with E-state index in [9.17, 15) is 4.79 Å². The second-order valence-corrected chi connectivity index (χ2v) is 5.42. The van der Waals surface area contributed by atoms with Crippen LogP contribution in [0.3, 0.4) is 0 Å². The molecule has 1 aromatic rings. The van der Waals surface area contributed by atoms with E-state index in [2.05, 4.69) is 10.6 Å². The quantitative estimate of drug-likeness (QED) is 0.871. The van der Waals surface area contributed by atoms with Crippen LogP contribution >= 0.6 is 24.0 Å².